The maximum Gasteiger partial charge on any atom is 0.293 e. The van der Waals surface area contributed by atoms with Crippen molar-refractivity contribution >= 4 is 69.0 Å². The molecule has 1 aromatic heterocycles. The third-order valence-electron chi connectivity index (χ3n) is 7.16. The van der Waals surface area contributed by atoms with Crippen LogP contribution in [-0.2, 0) is 29.1 Å². The van der Waals surface area contributed by atoms with E-state index in [-0.39, 0.29) is 36.2 Å². The molecular weight excluding hydrogens is 541 g/mol. The van der Waals surface area contributed by atoms with Gasteiger partial charge in [0.2, 0.25) is 5.91 Å². The van der Waals surface area contributed by atoms with Gasteiger partial charge >= 0.3 is 0 Å². The van der Waals surface area contributed by atoms with E-state index < -0.39 is 0 Å². The summed E-state index contributed by atoms with van der Waals surface area (Å²) in [7, 11) is 0. The number of benzene rings is 2. The Morgan fingerprint density at radius 3 is 2.63 bits per heavy atom. The molecule has 38 heavy (non-hydrogen) atoms. The number of fused-ring (bicyclic) bond motifs is 1. The molecule has 0 bridgehead atoms. The topological polar surface area (TPSA) is 71.4 Å². The minimum absolute atomic E-state index is 0.00629. The second-order valence-corrected chi connectivity index (χ2v) is 11.6. The normalized spacial score (nSPS) is 17.7. The summed E-state index contributed by atoms with van der Waals surface area (Å²) in [6.07, 6.45) is 10.1. The van der Waals surface area contributed by atoms with Crippen LogP contribution in [0.15, 0.2) is 47.5 Å². The van der Waals surface area contributed by atoms with E-state index in [1.165, 1.54) is 11.3 Å². The fourth-order valence-corrected chi connectivity index (χ4v) is 6.41. The molecule has 0 radical (unpaired) electrons. The van der Waals surface area contributed by atoms with Crippen molar-refractivity contribution in [2.24, 2.45) is 0 Å². The van der Waals surface area contributed by atoms with E-state index in [0.717, 1.165) is 71.5 Å². The van der Waals surface area contributed by atoms with E-state index in [2.05, 4.69) is 18.3 Å². The van der Waals surface area contributed by atoms with Crippen molar-refractivity contribution in [3.8, 4) is 0 Å². The lowest BCUT2D eigenvalue weighted by molar-refractivity contribution is -0.123. The molecule has 2 heterocycles. The number of nitrogens with zero attached hydrogens (tertiary/aromatic N) is 2. The molecule has 2 aliphatic rings. The van der Waals surface area contributed by atoms with Crippen LogP contribution >= 0.6 is 35.0 Å². The Bertz CT molecular complexity index is 1440. The molecule has 1 aliphatic carbocycles. The van der Waals surface area contributed by atoms with Gasteiger partial charge in [0.1, 0.15) is 6.54 Å². The Hall–Kier alpha value is -2.74. The van der Waals surface area contributed by atoms with E-state index in [1.807, 2.05) is 22.9 Å². The van der Waals surface area contributed by atoms with Gasteiger partial charge in [-0.15, -0.1) is 0 Å². The first-order valence-electron chi connectivity index (χ1n) is 12.9. The predicted octanol–water partition coefficient (Wildman–Crippen LogP) is 7.20. The zero-order valence-electron chi connectivity index (χ0n) is 21.1. The van der Waals surface area contributed by atoms with Crippen LogP contribution in [0.25, 0.3) is 17.0 Å². The molecule has 1 aliphatic heterocycles. The van der Waals surface area contributed by atoms with Crippen LogP contribution in [0.4, 0.5) is 4.79 Å². The van der Waals surface area contributed by atoms with Gasteiger partial charge in [0.05, 0.1) is 27.0 Å². The van der Waals surface area contributed by atoms with E-state index in [9.17, 15) is 14.4 Å². The second-order valence-electron chi connectivity index (χ2n) is 9.80. The van der Waals surface area contributed by atoms with Crippen molar-refractivity contribution in [2.75, 3.05) is 0 Å². The summed E-state index contributed by atoms with van der Waals surface area (Å²) in [5.74, 6) is -0.359. The summed E-state index contributed by atoms with van der Waals surface area (Å²) in [4.78, 5) is 40.5. The molecule has 5 rings (SSSR count). The molecular formula is C29H29Cl2N3O3S. The van der Waals surface area contributed by atoms with Crippen molar-refractivity contribution < 1.29 is 14.4 Å². The van der Waals surface area contributed by atoms with Crippen LogP contribution in [0.1, 0.15) is 55.7 Å². The van der Waals surface area contributed by atoms with Crippen molar-refractivity contribution in [3.05, 3.63) is 74.2 Å². The summed E-state index contributed by atoms with van der Waals surface area (Å²) in [6, 6.07) is 11.3. The quantitative estimate of drug-likeness (QED) is 0.305. The molecule has 2 aromatic carbocycles. The van der Waals surface area contributed by atoms with Crippen LogP contribution in [-0.4, -0.2) is 32.6 Å². The molecule has 3 aromatic rings. The van der Waals surface area contributed by atoms with Crippen molar-refractivity contribution in [3.63, 3.8) is 0 Å². The zero-order valence-corrected chi connectivity index (χ0v) is 23.5. The Balaban J connectivity index is 1.42. The summed E-state index contributed by atoms with van der Waals surface area (Å²) in [6.45, 7) is 2.40. The van der Waals surface area contributed by atoms with Gasteiger partial charge in [0.15, 0.2) is 0 Å². The summed E-state index contributed by atoms with van der Waals surface area (Å²) in [5, 5.41) is 4.60. The maximum atomic E-state index is 13.2. The van der Waals surface area contributed by atoms with Crippen LogP contribution in [0, 0.1) is 0 Å². The zero-order chi connectivity index (χ0) is 26.8. The van der Waals surface area contributed by atoms with E-state index in [0.29, 0.717) is 15.0 Å². The van der Waals surface area contributed by atoms with Gasteiger partial charge in [-0.25, -0.2) is 0 Å². The van der Waals surface area contributed by atoms with Crippen LogP contribution in [0.3, 0.4) is 0 Å². The number of nitrogens with one attached hydrogen (secondary N) is 1. The van der Waals surface area contributed by atoms with Gasteiger partial charge < -0.3 is 9.88 Å². The maximum absolute atomic E-state index is 13.2. The largest absolute Gasteiger partial charge is 0.352 e. The van der Waals surface area contributed by atoms with Crippen molar-refractivity contribution in [1.29, 1.82) is 0 Å². The number of imide groups is 1. The van der Waals surface area contributed by atoms with Crippen molar-refractivity contribution in [1.82, 2.24) is 14.8 Å². The lowest BCUT2D eigenvalue weighted by Crippen LogP contribution is -2.38. The molecule has 0 atom stereocenters. The Kier molecular flexibility index (Phi) is 8.17. The molecule has 3 amide bonds. The molecule has 0 spiro atoms. The highest BCUT2D eigenvalue weighted by atomic mass is 35.5. The lowest BCUT2D eigenvalue weighted by Gasteiger charge is -2.23. The van der Waals surface area contributed by atoms with Crippen LogP contribution in [0.5, 0.6) is 0 Å². The number of amides is 3. The molecule has 1 N–H and O–H groups in total. The number of hydrogen-bond acceptors (Lipinski definition) is 4. The van der Waals surface area contributed by atoms with Crippen LogP contribution in [0.2, 0.25) is 10.0 Å². The molecule has 0 unspecified atom stereocenters. The molecule has 9 heteroatoms. The summed E-state index contributed by atoms with van der Waals surface area (Å²) in [5.41, 5.74) is 3.63. The molecule has 1 saturated heterocycles. The van der Waals surface area contributed by atoms with E-state index >= 15 is 0 Å². The summed E-state index contributed by atoms with van der Waals surface area (Å²) < 4.78 is 1.97. The highest BCUT2D eigenvalue weighted by Crippen LogP contribution is 2.36. The molecule has 6 nitrogen and oxygen atoms in total. The number of carbonyl (C=O) groups excluding carboxylic acids is 3. The third kappa shape index (κ3) is 5.65. The first-order valence-corrected chi connectivity index (χ1v) is 14.5. The first kappa shape index (κ1) is 26.9. The third-order valence-corrected chi connectivity index (χ3v) is 8.81. The average Bonchev–Trinajstić information content (AvgIpc) is 3.38. The minimum Gasteiger partial charge on any atom is -0.352 e. The smallest absolute Gasteiger partial charge is 0.293 e. The molecule has 1 saturated carbocycles. The van der Waals surface area contributed by atoms with Gasteiger partial charge in [0, 0.05) is 23.2 Å². The summed E-state index contributed by atoms with van der Waals surface area (Å²) >= 11 is 13.0. The second kappa shape index (κ2) is 11.6. The monoisotopic (exact) mass is 569 g/mol. The SMILES string of the molecule is CCc1cccc2c(/C=C3\SC(=O)N(Cc4ccc(Cl)c(Cl)c4)C3=O)cn(CC(=O)NC3CCCCC3)c12. The van der Waals surface area contributed by atoms with Gasteiger partial charge in [-0.05, 0) is 60.4 Å². The Morgan fingerprint density at radius 2 is 1.89 bits per heavy atom. The van der Waals surface area contributed by atoms with Gasteiger partial charge in [-0.2, -0.15) is 0 Å². The Labute approximate surface area is 236 Å². The van der Waals surface area contributed by atoms with Crippen LogP contribution < -0.4 is 5.32 Å². The van der Waals surface area contributed by atoms with Gasteiger partial charge in [-0.3, -0.25) is 19.3 Å². The fourth-order valence-electron chi connectivity index (χ4n) is 5.26. The number of para-hydroxylation sites is 1. The van der Waals surface area contributed by atoms with Gasteiger partial charge in [-0.1, -0.05) is 73.7 Å². The minimum atomic E-state index is -0.353. The number of halogens is 2. The number of carbonyl (C=O) groups is 3. The number of aromatic nitrogens is 1. The molecule has 198 valence electrons. The van der Waals surface area contributed by atoms with Crippen molar-refractivity contribution in [2.45, 2.75) is 64.6 Å². The standard InChI is InChI=1S/C29H29Cl2N3O3S/c1-2-19-7-6-10-22-20(16-33(27(19)22)17-26(35)32-21-8-4-3-5-9-21)14-25-28(36)34(29(37)38-25)15-18-11-12-23(30)24(31)13-18/h6-7,10-14,16,21H,2-5,8-9,15,17H2,1H3,(H,32,35)/b25-14-. The lowest BCUT2D eigenvalue weighted by atomic mass is 9.95. The number of rotatable bonds is 7. The number of hydrogen-bond donors (Lipinski definition) is 1. The fraction of sp³-hybridized carbons (Fsp3) is 0.345. The molecule has 2 fully saturated rings. The highest BCUT2D eigenvalue weighted by molar-refractivity contribution is 8.18. The predicted molar refractivity (Wildman–Crippen MR) is 154 cm³/mol. The number of thioether (sulfide) groups is 1. The van der Waals surface area contributed by atoms with E-state index in [4.69, 9.17) is 23.2 Å². The number of aryl methyl sites for hydroxylation is 1. The van der Waals surface area contributed by atoms with E-state index in [1.54, 1.807) is 24.3 Å². The highest BCUT2D eigenvalue weighted by Gasteiger charge is 2.35. The Morgan fingerprint density at radius 1 is 1.11 bits per heavy atom. The average molecular weight is 571 g/mol. The van der Waals surface area contributed by atoms with Gasteiger partial charge in [0.25, 0.3) is 11.1 Å². The first-order chi connectivity index (χ1) is 18.3.